The van der Waals surface area contributed by atoms with Crippen molar-refractivity contribution < 1.29 is 18.3 Å². The second-order valence-electron chi connectivity index (χ2n) is 8.84. The average Bonchev–Trinajstić information content (AvgIpc) is 2.67. The van der Waals surface area contributed by atoms with Gasteiger partial charge in [-0.05, 0) is 32.8 Å². The van der Waals surface area contributed by atoms with Crippen LogP contribution in [0.1, 0.15) is 66.1 Å². The Balaban J connectivity index is 2.43. The highest BCUT2D eigenvalue weighted by Crippen LogP contribution is 2.43. The molecule has 0 saturated heterocycles. The number of hydrogen-bond donors (Lipinski definition) is 0. The molecule has 0 radical (unpaired) electrons. The number of aromatic nitrogens is 1. The van der Waals surface area contributed by atoms with Gasteiger partial charge in [0.2, 0.25) is 0 Å². The summed E-state index contributed by atoms with van der Waals surface area (Å²) in [4.78, 5) is 18.0. The molecule has 140 valence electrons. The number of alkyl halides is 2. The number of carbonyl (C=O) groups is 1. The third kappa shape index (κ3) is 4.28. The maximum absolute atomic E-state index is 14.5. The third-order valence-electron chi connectivity index (χ3n) is 4.11. The predicted molar refractivity (Wildman–Crippen MR) is 94.2 cm³/mol. The van der Waals surface area contributed by atoms with Gasteiger partial charge < -0.3 is 4.74 Å². The van der Waals surface area contributed by atoms with Gasteiger partial charge in [-0.25, -0.2) is 4.79 Å². The van der Waals surface area contributed by atoms with Gasteiger partial charge in [0.1, 0.15) is 11.3 Å². The maximum Gasteiger partial charge on any atom is 0.414 e. The largest absolute Gasteiger partial charge is 0.443 e. The number of hydrogen-bond acceptors (Lipinski definition) is 3. The highest BCUT2D eigenvalue weighted by atomic mass is 19.3. The molecule has 0 aliphatic carbocycles. The Morgan fingerprint density at radius 2 is 1.96 bits per heavy atom. The summed E-state index contributed by atoms with van der Waals surface area (Å²) >= 11 is 0. The second kappa shape index (κ2) is 6.22. The molecule has 0 bridgehead atoms. The molecule has 25 heavy (non-hydrogen) atoms. The van der Waals surface area contributed by atoms with Gasteiger partial charge in [-0.1, -0.05) is 27.7 Å². The number of halogens is 2. The van der Waals surface area contributed by atoms with Crippen LogP contribution in [0, 0.1) is 5.92 Å². The van der Waals surface area contributed by atoms with Crippen molar-refractivity contribution in [3.05, 3.63) is 23.5 Å². The number of anilines is 1. The van der Waals surface area contributed by atoms with E-state index in [-0.39, 0.29) is 23.4 Å². The van der Waals surface area contributed by atoms with Crippen LogP contribution in [0.3, 0.4) is 0 Å². The highest BCUT2D eigenvalue weighted by Gasteiger charge is 2.42. The topological polar surface area (TPSA) is 42.4 Å². The van der Waals surface area contributed by atoms with Crippen LogP contribution >= 0.6 is 0 Å². The van der Waals surface area contributed by atoms with E-state index in [9.17, 15) is 13.6 Å². The number of amides is 1. The van der Waals surface area contributed by atoms with Gasteiger partial charge in [-0.15, -0.1) is 0 Å². The lowest BCUT2D eigenvalue weighted by molar-refractivity contribution is -0.0291. The van der Waals surface area contributed by atoms with Crippen molar-refractivity contribution in [1.29, 1.82) is 0 Å². The van der Waals surface area contributed by atoms with Crippen LogP contribution in [0.25, 0.3) is 0 Å². The lowest BCUT2D eigenvalue weighted by Gasteiger charge is -2.26. The van der Waals surface area contributed by atoms with Crippen molar-refractivity contribution in [2.24, 2.45) is 5.92 Å². The molecule has 0 N–H and O–H groups in total. The fraction of sp³-hybridized carbons (Fsp3) is 0.684. The normalized spacial score (nSPS) is 17.0. The Labute approximate surface area is 148 Å². The number of ether oxygens (including phenoxy) is 1. The molecule has 6 heteroatoms. The van der Waals surface area contributed by atoms with Crippen molar-refractivity contribution in [1.82, 2.24) is 4.98 Å². The first kappa shape index (κ1) is 19.6. The van der Waals surface area contributed by atoms with E-state index < -0.39 is 17.6 Å². The number of carbonyl (C=O) groups excluding carboxylic acids is 1. The van der Waals surface area contributed by atoms with E-state index in [0.717, 1.165) is 5.56 Å². The SMILES string of the molecule is CC(C)CC(F)(F)c1cc2c(cn1)C(C)(C)CN2C(=O)OC(C)(C)C. The molecule has 0 saturated carbocycles. The first-order valence-corrected chi connectivity index (χ1v) is 8.62. The molecule has 0 fully saturated rings. The third-order valence-corrected chi connectivity index (χ3v) is 4.11. The van der Waals surface area contributed by atoms with Gasteiger partial charge in [0.15, 0.2) is 0 Å². The Kier molecular flexibility index (Phi) is 4.88. The Hall–Kier alpha value is -1.72. The summed E-state index contributed by atoms with van der Waals surface area (Å²) < 4.78 is 34.4. The van der Waals surface area contributed by atoms with Crippen LogP contribution in [0.4, 0.5) is 19.3 Å². The molecule has 2 rings (SSSR count). The van der Waals surface area contributed by atoms with Gasteiger partial charge in [-0.2, -0.15) is 8.78 Å². The van der Waals surface area contributed by atoms with Crippen molar-refractivity contribution in [3.63, 3.8) is 0 Å². The summed E-state index contributed by atoms with van der Waals surface area (Å²) in [5.41, 5.74) is -0.0756. The molecule has 0 unspecified atom stereocenters. The zero-order valence-corrected chi connectivity index (χ0v) is 16.1. The molecule has 4 nitrogen and oxygen atoms in total. The minimum Gasteiger partial charge on any atom is -0.443 e. The van der Waals surface area contributed by atoms with E-state index in [1.165, 1.54) is 17.2 Å². The molecule has 2 heterocycles. The monoisotopic (exact) mass is 354 g/mol. The molecule has 1 aliphatic rings. The summed E-state index contributed by atoms with van der Waals surface area (Å²) in [5.74, 6) is -3.20. The smallest absolute Gasteiger partial charge is 0.414 e. The molecule has 1 aromatic heterocycles. The van der Waals surface area contributed by atoms with Gasteiger partial charge in [0, 0.05) is 30.1 Å². The Morgan fingerprint density at radius 3 is 2.48 bits per heavy atom. The van der Waals surface area contributed by atoms with Gasteiger partial charge in [0.05, 0.1) is 5.69 Å². The molecule has 0 atom stereocenters. The number of rotatable bonds is 3. The van der Waals surface area contributed by atoms with Crippen LogP contribution < -0.4 is 4.90 Å². The van der Waals surface area contributed by atoms with Gasteiger partial charge >= 0.3 is 6.09 Å². The minimum absolute atomic E-state index is 0.163. The summed E-state index contributed by atoms with van der Waals surface area (Å²) in [6, 6.07) is 1.34. The minimum atomic E-state index is -3.03. The van der Waals surface area contributed by atoms with Crippen molar-refractivity contribution in [2.45, 2.75) is 71.8 Å². The maximum atomic E-state index is 14.5. The fourth-order valence-electron chi connectivity index (χ4n) is 3.05. The zero-order chi connectivity index (χ0) is 19.2. The lowest BCUT2D eigenvalue weighted by atomic mass is 9.88. The quantitative estimate of drug-likeness (QED) is 0.744. The van der Waals surface area contributed by atoms with E-state index in [4.69, 9.17) is 4.74 Å². The summed E-state index contributed by atoms with van der Waals surface area (Å²) in [5, 5.41) is 0. The Bertz CT molecular complexity index is 664. The molecular formula is C19H28F2N2O2. The average molecular weight is 354 g/mol. The van der Waals surface area contributed by atoms with E-state index in [1.54, 1.807) is 34.6 Å². The molecule has 1 amide bonds. The molecule has 0 spiro atoms. The van der Waals surface area contributed by atoms with Crippen molar-refractivity contribution in [2.75, 3.05) is 11.4 Å². The zero-order valence-electron chi connectivity index (χ0n) is 16.1. The predicted octanol–water partition coefficient (Wildman–Crippen LogP) is 5.25. The lowest BCUT2D eigenvalue weighted by Crippen LogP contribution is -2.38. The van der Waals surface area contributed by atoms with Crippen molar-refractivity contribution >= 4 is 11.8 Å². The highest BCUT2D eigenvalue weighted by molar-refractivity contribution is 5.91. The molecular weight excluding hydrogens is 326 g/mol. The van der Waals surface area contributed by atoms with E-state index >= 15 is 0 Å². The first-order chi connectivity index (χ1) is 11.2. The fourth-order valence-corrected chi connectivity index (χ4v) is 3.05. The van der Waals surface area contributed by atoms with Gasteiger partial charge in [0.25, 0.3) is 5.92 Å². The van der Waals surface area contributed by atoms with Crippen LogP contribution in [0.15, 0.2) is 12.3 Å². The number of fused-ring (bicyclic) bond motifs is 1. The molecule has 1 aliphatic heterocycles. The number of pyridine rings is 1. The van der Waals surface area contributed by atoms with Crippen LogP contribution in [0.5, 0.6) is 0 Å². The van der Waals surface area contributed by atoms with E-state index in [2.05, 4.69) is 4.98 Å². The van der Waals surface area contributed by atoms with E-state index in [0.29, 0.717) is 12.2 Å². The van der Waals surface area contributed by atoms with Crippen LogP contribution in [-0.4, -0.2) is 23.2 Å². The summed E-state index contributed by atoms with van der Waals surface area (Å²) in [6.07, 6.45) is 0.668. The second-order valence-corrected chi connectivity index (χ2v) is 8.84. The molecule has 1 aromatic rings. The van der Waals surface area contributed by atoms with Gasteiger partial charge in [-0.3, -0.25) is 9.88 Å². The first-order valence-electron chi connectivity index (χ1n) is 8.62. The van der Waals surface area contributed by atoms with E-state index in [1.807, 2.05) is 13.8 Å². The number of nitrogens with zero attached hydrogens (tertiary/aromatic N) is 2. The Morgan fingerprint density at radius 1 is 1.36 bits per heavy atom. The van der Waals surface area contributed by atoms with Crippen LogP contribution in [-0.2, 0) is 16.1 Å². The van der Waals surface area contributed by atoms with Crippen LogP contribution in [0.2, 0.25) is 0 Å². The molecule has 0 aromatic carbocycles. The van der Waals surface area contributed by atoms with Crippen molar-refractivity contribution in [3.8, 4) is 0 Å². The summed E-state index contributed by atoms with van der Waals surface area (Å²) in [6.45, 7) is 13.1. The standard InChI is InChI=1S/C19H28F2N2O2/c1-12(2)9-19(20,21)15-8-14-13(10-22-15)18(6,7)11-23(14)16(24)25-17(3,4)5/h8,10,12H,9,11H2,1-7H3. The summed E-state index contributed by atoms with van der Waals surface area (Å²) in [7, 11) is 0.